The molecule has 1 unspecified atom stereocenters. The van der Waals surface area contributed by atoms with Crippen LogP contribution in [0.2, 0.25) is 0 Å². The van der Waals surface area contributed by atoms with Gasteiger partial charge in [0.05, 0.1) is 5.41 Å². The first-order valence-corrected chi connectivity index (χ1v) is 17.7. The zero-order valence-electron chi connectivity index (χ0n) is 27.6. The van der Waals surface area contributed by atoms with Crippen molar-refractivity contribution < 1.29 is 27.9 Å². The fourth-order valence-electron chi connectivity index (χ4n) is 5.18. The van der Waals surface area contributed by atoms with Crippen molar-refractivity contribution in [2.24, 2.45) is 5.41 Å². The molecule has 0 radical (unpaired) electrons. The number of rotatable bonds is 2. The van der Waals surface area contributed by atoms with Gasteiger partial charge in [-0.15, -0.1) is 0 Å². The Morgan fingerprint density at radius 3 is 1.32 bits per heavy atom. The van der Waals surface area contributed by atoms with Gasteiger partial charge in [0.1, 0.15) is 6.61 Å². The highest BCUT2D eigenvalue weighted by Crippen LogP contribution is 2.80. The largest absolute Gasteiger partial charge is 0.458 e. The molecule has 6 nitrogen and oxygen atoms in total. The Labute approximate surface area is 249 Å². The van der Waals surface area contributed by atoms with Crippen molar-refractivity contribution in [3.05, 3.63) is 58.7 Å². The van der Waals surface area contributed by atoms with Gasteiger partial charge in [-0.25, -0.2) is 0 Å². The molecule has 0 saturated carbocycles. The van der Waals surface area contributed by atoms with Gasteiger partial charge in [-0.05, 0) is 58.8 Å². The van der Waals surface area contributed by atoms with Crippen molar-refractivity contribution in [3.63, 3.8) is 0 Å². The fourth-order valence-corrected chi connectivity index (χ4v) is 10.1. The van der Waals surface area contributed by atoms with Crippen molar-refractivity contribution in [1.82, 2.24) is 0 Å². The molecule has 1 spiro atoms. The Hall–Kier alpha value is -0.940. The summed E-state index contributed by atoms with van der Waals surface area (Å²) in [5, 5.41) is 1.25. The minimum atomic E-state index is -3.65. The molecule has 41 heavy (non-hydrogen) atoms. The van der Waals surface area contributed by atoms with E-state index in [0.29, 0.717) is 10.6 Å². The normalized spacial score (nSPS) is 29.0. The van der Waals surface area contributed by atoms with Gasteiger partial charge in [-0.1, -0.05) is 121 Å². The fraction of sp³-hybridized carbons (Fsp3) is 0.636. The standard InChI is InChI=1S/C33H52O6P2/c1-28(2,3)22-15-17-26(24(19-22)30(7,8)9)40(34)36-21-32(13,14)33(37-40)38-41(35,39-33)27-18-16-23(29(4,5)6)20-25(27)31(10,11)12/h15-20,34-35H,21H2,1-14H3/q+2. The Morgan fingerprint density at radius 1 is 0.585 bits per heavy atom. The number of hydrogen-bond acceptors (Lipinski definition) is 6. The molecule has 2 fully saturated rings. The van der Waals surface area contributed by atoms with Gasteiger partial charge in [0, 0.05) is 11.1 Å². The van der Waals surface area contributed by atoms with Gasteiger partial charge in [0.25, 0.3) is 0 Å². The summed E-state index contributed by atoms with van der Waals surface area (Å²) in [7, 11) is -7.17. The van der Waals surface area contributed by atoms with Crippen molar-refractivity contribution in [1.29, 1.82) is 0 Å². The topological polar surface area (TPSA) is 77.4 Å². The second-order valence-electron chi connectivity index (χ2n) is 16.5. The van der Waals surface area contributed by atoms with Crippen molar-refractivity contribution in [3.8, 4) is 0 Å². The third kappa shape index (κ3) is 5.94. The van der Waals surface area contributed by atoms with Crippen molar-refractivity contribution in [2.75, 3.05) is 6.61 Å². The van der Waals surface area contributed by atoms with E-state index in [0.717, 1.165) is 16.7 Å². The molecule has 8 heteroatoms. The quantitative estimate of drug-likeness (QED) is 0.337. The Morgan fingerprint density at radius 2 is 0.951 bits per heavy atom. The van der Waals surface area contributed by atoms with Crippen LogP contribution >= 0.6 is 15.9 Å². The van der Waals surface area contributed by atoms with Crippen molar-refractivity contribution in [2.45, 2.75) is 125 Å². The summed E-state index contributed by atoms with van der Waals surface area (Å²) in [6.45, 7) is 29.7. The molecule has 2 heterocycles. The van der Waals surface area contributed by atoms with Crippen LogP contribution in [0.15, 0.2) is 36.4 Å². The molecule has 2 aliphatic heterocycles. The van der Waals surface area contributed by atoms with Crippen LogP contribution < -0.4 is 10.6 Å². The second kappa shape index (κ2) is 9.78. The maximum atomic E-state index is 12.1. The summed E-state index contributed by atoms with van der Waals surface area (Å²) in [6, 6.07) is 12.2. The minimum absolute atomic E-state index is 0.0533. The van der Waals surface area contributed by atoms with Crippen LogP contribution in [0.4, 0.5) is 0 Å². The van der Waals surface area contributed by atoms with Crippen LogP contribution in [-0.2, 0) is 39.8 Å². The monoisotopic (exact) mass is 606 g/mol. The molecule has 4 rings (SSSR count). The molecule has 0 aliphatic carbocycles. The van der Waals surface area contributed by atoms with Gasteiger partial charge in [-0.3, -0.25) is 0 Å². The highest BCUT2D eigenvalue weighted by atomic mass is 31.2. The van der Waals surface area contributed by atoms with E-state index in [1.807, 2.05) is 38.1 Å². The molecule has 1 atom stereocenters. The van der Waals surface area contributed by atoms with Gasteiger partial charge >= 0.3 is 21.9 Å². The molecule has 2 aliphatic rings. The molecule has 0 amide bonds. The number of hydrogen-bond donors (Lipinski definition) is 2. The van der Waals surface area contributed by atoms with Crippen LogP contribution in [0.5, 0.6) is 0 Å². The molecule has 0 bridgehead atoms. The lowest BCUT2D eigenvalue weighted by atomic mass is 9.81. The van der Waals surface area contributed by atoms with Gasteiger partial charge in [-0.2, -0.15) is 14.3 Å². The van der Waals surface area contributed by atoms with Crippen LogP contribution in [0.25, 0.3) is 0 Å². The van der Waals surface area contributed by atoms with Gasteiger partial charge < -0.3 is 0 Å². The lowest BCUT2D eigenvalue weighted by Crippen LogP contribution is -2.63. The third-order valence-electron chi connectivity index (χ3n) is 8.11. The first-order valence-electron chi connectivity index (χ1n) is 14.6. The summed E-state index contributed by atoms with van der Waals surface area (Å²) < 4.78 is 25.5. The van der Waals surface area contributed by atoms with E-state index < -0.39 is 27.3 Å². The highest BCUT2D eigenvalue weighted by molar-refractivity contribution is 7.70. The van der Waals surface area contributed by atoms with Crippen LogP contribution in [0.1, 0.15) is 119 Å². The third-order valence-corrected chi connectivity index (χ3v) is 12.1. The van der Waals surface area contributed by atoms with E-state index in [1.165, 1.54) is 5.56 Å². The smallest absolute Gasteiger partial charge is 0.188 e. The summed E-state index contributed by atoms with van der Waals surface area (Å²) in [4.78, 5) is 24.0. The number of benzene rings is 2. The van der Waals surface area contributed by atoms with E-state index in [-0.39, 0.29) is 28.3 Å². The summed E-state index contributed by atoms with van der Waals surface area (Å²) in [6.07, 6.45) is 0. The maximum Gasteiger partial charge on any atom is 0.458 e. The molecule has 2 aromatic rings. The van der Waals surface area contributed by atoms with Gasteiger partial charge in [0.15, 0.2) is 10.6 Å². The molecule has 0 aromatic heterocycles. The predicted octanol–water partition coefficient (Wildman–Crippen LogP) is 8.11. The predicted molar refractivity (Wildman–Crippen MR) is 171 cm³/mol. The van der Waals surface area contributed by atoms with Crippen molar-refractivity contribution >= 4 is 26.5 Å². The average Bonchev–Trinajstić information content (AvgIpc) is 2.78. The molecule has 228 valence electrons. The Balaban J connectivity index is 1.77. The van der Waals surface area contributed by atoms with E-state index >= 15 is 0 Å². The zero-order valence-corrected chi connectivity index (χ0v) is 29.4. The average molecular weight is 607 g/mol. The van der Waals surface area contributed by atoms with E-state index in [2.05, 4.69) is 95.2 Å². The second-order valence-corrected chi connectivity index (χ2v) is 20.3. The van der Waals surface area contributed by atoms with Crippen LogP contribution in [-0.4, -0.2) is 22.4 Å². The van der Waals surface area contributed by atoms with E-state index in [4.69, 9.17) is 18.1 Å². The lowest BCUT2D eigenvalue weighted by molar-refractivity contribution is -0.393. The summed E-state index contributed by atoms with van der Waals surface area (Å²) in [5.74, 6) is -1.66. The van der Waals surface area contributed by atoms with Crippen LogP contribution in [0, 0.1) is 5.41 Å². The summed E-state index contributed by atoms with van der Waals surface area (Å²) in [5.41, 5.74) is 2.78. The Kier molecular flexibility index (Phi) is 7.86. The molecular formula is C33H52O6P2+2. The molecule has 2 aromatic carbocycles. The maximum absolute atomic E-state index is 12.1. The van der Waals surface area contributed by atoms with E-state index in [9.17, 15) is 9.79 Å². The minimum Gasteiger partial charge on any atom is -0.188 e. The van der Waals surface area contributed by atoms with E-state index in [1.54, 1.807) is 0 Å². The first-order chi connectivity index (χ1) is 18.2. The van der Waals surface area contributed by atoms with Gasteiger partial charge in [0.2, 0.25) is 0 Å². The molecule has 2 saturated heterocycles. The molecular weight excluding hydrogens is 554 g/mol. The lowest BCUT2D eigenvalue weighted by Gasteiger charge is -2.50. The highest BCUT2D eigenvalue weighted by Gasteiger charge is 2.84. The summed E-state index contributed by atoms with van der Waals surface area (Å²) >= 11 is 0. The zero-order chi connectivity index (χ0) is 31.2. The first kappa shape index (κ1) is 33.0. The Bertz CT molecular complexity index is 1320. The SMILES string of the molecule is CC(C)(C)c1ccc([P+]2(O)OCC(C)(C)C3(O2)O[P+](O)(c2ccc(C(C)(C)C)cc2C(C)(C)C)O3)c(C(C)(C)C)c1. The molecule has 2 N–H and O–H groups in total. The van der Waals surface area contributed by atoms with Crippen LogP contribution in [0.3, 0.4) is 0 Å².